The number of unbranched alkanes of at least 4 members (excludes halogenated alkanes) is 23. The summed E-state index contributed by atoms with van der Waals surface area (Å²) in [6.07, 6.45) is 38.8. The van der Waals surface area contributed by atoms with Crippen LogP contribution >= 0.6 is 0 Å². The number of nitrogens with zero attached hydrogens (tertiary/aromatic N) is 1. The van der Waals surface area contributed by atoms with Gasteiger partial charge < -0.3 is 24.4 Å². The summed E-state index contributed by atoms with van der Waals surface area (Å²) in [5.74, 6) is 0.230. The van der Waals surface area contributed by atoms with E-state index in [4.69, 9.17) is 14.2 Å². The molecular weight excluding hydrogens is 761 g/mol. The van der Waals surface area contributed by atoms with Crippen LogP contribution in [0.1, 0.15) is 267 Å². The minimum atomic E-state index is -0.489. The van der Waals surface area contributed by atoms with Gasteiger partial charge in [0.2, 0.25) is 0 Å². The first-order valence-corrected chi connectivity index (χ1v) is 26.6. The molecule has 0 bridgehead atoms. The van der Waals surface area contributed by atoms with E-state index in [1.54, 1.807) is 0 Å². The second-order valence-electron chi connectivity index (χ2n) is 19.3. The molecule has 1 N–H and O–H groups in total. The number of rotatable bonds is 45. The number of amides is 1. The molecule has 2 unspecified atom stereocenters. The van der Waals surface area contributed by atoms with E-state index in [2.05, 4.69) is 37.9 Å². The summed E-state index contributed by atoms with van der Waals surface area (Å²) < 4.78 is 17.1. The number of hydrogen-bond donors (Lipinski definition) is 1. The standard InChI is InChI=1S/C53H104N2O6/c1-8-12-16-20-22-30-40-48(38-28-18-14-10-3)50(56)59-46-36-26-24-33-43-55(45-35-32-42-54-52(58)61-53(5,6)7)44-34-25-27-37-47-60-51(57)49(39-29-19-15-11-4)41-31-23-21-17-13-9-2/h48-49H,8-47H2,1-7H3,(H,54,58). The lowest BCUT2D eigenvalue weighted by molar-refractivity contribution is -0.150. The number of hydrogen-bond acceptors (Lipinski definition) is 7. The molecule has 0 aliphatic heterocycles. The van der Waals surface area contributed by atoms with Gasteiger partial charge in [-0.1, -0.05) is 182 Å². The van der Waals surface area contributed by atoms with Crippen molar-refractivity contribution in [2.24, 2.45) is 11.8 Å². The lowest BCUT2D eigenvalue weighted by Crippen LogP contribution is -2.33. The normalized spacial score (nSPS) is 12.7. The van der Waals surface area contributed by atoms with Crippen molar-refractivity contribution in [2.75, 3.05) is 39.4 Å². The van der Waals surface area contributed by atoms with Crippen LogP contribution in [-0.2, 0) is 23.8 Å². The molecule has 1 amide bonds. The zero-order valence-corrected chi connectivity index (χ0v) is 41.8. The van der Waals surface area contributed by atoms with Crippen LogP contribution in [0.3, 0.4) is 0 Å². The number of nitrogens with one attached hydrogen (secondary N) is 1. The Kier molecular flexibility index (Phi) is 42.1. The minimum Gasteiger partial charge on any atom is -0.465 e. The van der Waals surface area contributed by atoms with Gasteiger partial charge in [-0.2, -0.15) is 0 Å². The van der Waals surface area contributed by atoms with Crippen LogP contribution in [0.5, 0.6) is 0 Å². The fourth-order valence-corrected chi connectivity index (χ4v) is 8.20. The number of alkyl carbamates (subject to hydrolysis) is 1. The lowest BCUT2D eigenvalue weighted by Gasteiger charge is -2.23. The number of carbonyl (C=O) groups is 3. The molecular formula is C53H104N2O6. The molecule has 0 fully saturated rings. The van der Waals surface area contributed by atoms with Gasteiger partial charge in [0, 0.05) is 6.54 Å². The summed E-state index contributed by atoms with van der Waals surface area (Å²) in [6.45, 7) is 19.5. The smallest absolute Gasteiger partial charge is 0.407 e. The van der Waals surface area contributed by atoms with Crippen molar-refractivity contribution in [1.29, 1.82) is 0 Å². The fraction of sp³-hybridized carbons (Fsp3) is 0.943. The average molecular weight is 865 g/mol. The lowest BCUT2D eigenvalue weighted by atomic mass is 9.94. The van der Waals surface area contributed by atoms with Crippen LogP contribution < -0.4 is 5.32 Å². The van der Waals surface area contributed by atoms with Crippen LogP contribution in [0, 0.1) is 11.8 Å². The third kappa shape index (κ3) is 40.7. The second-order valence-corrected chi connectivity index (χ2v) is 19.3. The molecule has 61 heavy (non-hydrogen) atoms. The Morgan fingerprint density at radius 2 is 0.738 bits per heavy atom. The van der Waals surface area contributed by atoms with Crippen LogP contribution in [0.25, 0.3) is 0 Å². The molecule has 0 heterocycles. The molecule has 8 nitrogen and oxygen atoms in total. The van der Waals surface area contributed by atoms with Crippen molar-refractivity contribution in [1.82, 2.24) is 10.2 Å². The largest absolute Gasteiger partial charge is 0.465 e. The van der Waals surface area contributed by atoms with E-state index in [1.807, 2.05) is 20.8 Å². The highest BCUT2D eigenvalue weighted by Gasteiger charge is 2.21. The maximum Gasteiger partial charge on any atom is 0.407 e. The van der Waals surface area contributed by atoms with E-state index in [-0.39, 0.29) is 29.9 Å². The van der Waals surface area contributed by atoms with E-state index in [0.29, 0.717) is 19.8 Å². The molecule has 0 radical (unpaired) electrons. The third-order valence-corrected chi connectivity index (χ3v) is 12.1. The Morgan fingerprint density at radius 3 is 1.11 bits per heavy atom. The van der Waals surface area contributed by atoms with Crippen molar-refractivity contribution >= 4 is 18.0 Å². The molecule has 0 spiro atoms. The Labute approximate surface area is 379 Å². The summed E-state index contributed by atoms with van der Waals surface area (Å²) in [4.78, 5) is 40.8. The average Bonchev–Trinajstić information content (AvgIpc) is 3.22. The summed E-state index contributed by atoms with van der Waals surface area (Å²) in [7, 11) is 0. The first kappa shape index (κ1) is 59.2. The zero-order chi connectivity index (χ0) is 45.1. The van der Waals surface area contributed by atoms with Crippen LogP contribution in [0.4, 0.5) is 4.79 Å². The van der Waals surface area contributed by atoms with Gasteiger partial charge in [-0.05, 0) is 105 Å². The van der Waals surface area contributed by atoms with Gasteiger partial charge in [0.05, 0.1) is 25.0 Å². The molecule has 8 heteroatoms. The third-order valence-electron chi connectivity index (χ3n) is 12.1. The Morgan fingerprint density at radius 1 is 0.426 bits per heavy atom. The molecule has 0 aliphatic rings. The molecule has 0 aromatic carbocycles. The van der Waals surface area contributed by atoms with Gasteiger partial charge in [-0.3, -0.25) is 9.59 Å². The van der Waals surface area contributed by atoms with Gasteiger partial charge in [-0.25, -0.2) is 4.79 Å². The molecule has 0 aromatic rings. The summed E-state index contributed by atoms with van der Waals surface area (Å²) in [5, 5.41) is 2.90. The molecule has 0 aliphatic carbocycles. The van der Waals surface area contributed by atoms with Gasteiger partial charge in [0.1, 0.15) is 5.60 Å². The SMILES string of the molecule is CCCCCCCCC(CCCCCC)C(=O)OCCCCCCN(CCCCCCOC(=O)C(CCCCCC)CCCCCCCC)CCCCNC(=O)OC(C)(C)C. The predicted octanol–water partition coefficient (Wildman–Crippen LogP) is 15.5. The molecule has 0 rings (SSSR count). The summed E-state index contributed by atoms with van der Waals surface area (Å²) in [6, 6.07) is 0. The molecule has 362 valence electrons. The van der Waals surface area contributed by atoms with Crippen molar-refractivity contribution in [3.05, 3.63) is 0 Å². The predicted molar refractivity (Wildman–Crippen MR) is 259 cm³/mol. The van der Waals surface area contributed by atoms with Crippen molar-refractivity contribution in [3.63, 3.8) is 0 Å². The quantitative estimate of drug-likeness (QED) is 0.0370. The highest BCUT2D eigenvalue weighted by atomic mass is 16.6. The summed E-state index contributed by atoms with van der Waals surface area (Å²) >= 11 is 0. The van der Waals surface area contributed by atoms with Gasteiger partial charge in [-0.15, -0.1) is 0 Å². The highest BCUT2D eigenvalue weighted by Crippen LogP contribution is 2.22. The van der Waals surface area contributed by atoms with E-state index in [0.717, 1.165) is 135 Å². The summed E-state index contributed by atoms with van der Waals surface area (Å²) in [5.41, 5.74) is -0.489. The Balaban J connectivity index is 4.74. The van der Waals surface area contributed by atoms with E-state index in [9.17, 15) is 14.4 Å². The second kappa shape index (κ2) is 43.4. The highest BCUT2D eigenvalue weighted by molar-refractivity contribution is 5.72. The maximum atomic E-state index is 13.1. The molecule has 0 saturated carbocycles. The van der Waals surface area contributed by atoms with Crippen LogP contribution in [0.2, 0.25) is 0 Å². The topological polar surface area (TPSA) is 94.2 Å². The van der Waals surface area contributed by atoms with Crippen molar-refractivity contribution in [3.8, 4) is 0 Å². The number of carbonyl (C=O) groups excluding carboxylic acids is 3. The number of ether oxygens (including phenoxy) is 3. The zero-order valence-electron chi connectivity index (χ0n) is 41.8. The minimum absolute atomic E-state index is 0.0426. The van der Waals surface area contributed by atoms with Crippen LogP contribution in [0.15, 0.2) is 0 Å². The fourth-order valence-electron chi connectivity index (χ4n) is 8.20. The first-order valence-electron chi connectivity index (χ1n) is 26.6. The van der Waals surface area contributed by atoms with Gasteiger partial charge in [0.25, 0.3) is 0 Å². The van der Waals surface area contributed by atoms with E-state index >= 15 is 0 Å². The Bertz CT molecular complexity index is 926. The monoisotopic (exact) mass is 865 g/mol. The molecule has 0 saturated heterocycles. The van der Waals surface area contributed by atoms with Crippen LogP contribution in [-0.4, -0.2) is 67.9 Å². The Hall–Kier alpha value is -1.83. The number of esters is 2. The van der Waals surface area contributed by atoms with Crippen molar-refractivity contribution < 1.29 is 28.6 Å². The first-order chi connectivity index (χ1) is 29.6. The molecule has 0 aromatic heterocycles. The maximum absolute atomic E-state index is 13.1. The van der Waals surface area contributed by atoms with Crippen molar-refractivity contribution in [2.45, 2.75) is 272 Å². The van der Waals surface area contributed by atoms with E-state index < -0.39 is 5.60 Å². The van der Waals surface area contributed by atoms with Gasteiger partial charge >= 0.3 is 18.0 Å². The molecule has 2 atom stereocenters. The van der Waals surface area contributed by atoms with E-state index in [1.165, 1.54) is 103 Å². The van der Waals surface area contributed by atoms with Gasteiger partial charge in [0.15, 0.2) is 0 Å².